The molecule has 1 aromatic carbocycles. The molecule has 0 aliphatic carbocycles. The van der Waals surface area contributed by atoms with Gasteiger partial charge in [0.05, 0.1) is 5.57 Å². The van der Waals surface area contributed by atoms with Gasteiger partial charge in [-0.1, -0.05) is 29.5 Å². The van der Waals surface area contributed by atoms with Gasteiger partial charge in [-0.25, -0.2) is 0 Å². The lowest BCUT2D eigenvalue weighted by Crippen LogP contribution is -2.35. The molecule has 5 rings (SSSR count). The second-order valence-electron chi connectivity index (χ2n) is 7.52. The molecule has 1 N–H and O–H groups in total. The lowest BCUT2D eigenvalue weighted by molar-refractivity contribution is -0.114. The van der Waals surface area contributed by atoms with Crippen molar-refractivity contribution in [3.8, 4) is 0 Å². The van der Waals surface area contributed by atoms with Gasteiger partial charge >= 0.3 is 0 Å². The van der Waals surface area contributed by atoms with Gasteiger partial charge in [-0.3, -0.25) is 10.2 Å². The van der Waals surface area contributed by atoms with Crippen molar-refractivity contribution in [3.05, 3.63) is 53.3 Å². The van der Waals surface area contributed by atoms with Gasteiger partial charge in [-0.2, -0.15) is 10.0 Å². The molecular weight excluding hydrogens is 430 g/mol. The van der Waals surface area contributed by atoms with Crippen LogP contribution in [0.5, 0.6) is 0 Å². The largest absolute Gasteiger partial charge is 0.450 e. The summed E-state index contributed by atoms with van der Waals surface area (Å²) in [6, 6.07) is 11.8. The molecule has 0 spiro atoms. The third-order valence-corrected chi connectivity index (χ3v) is 7.10. The summed E-state index contributed by atoms with van der Waals surface area (Å²) in [4.78, 5) is 20.1. The van der Waals surface area contributed by atoms with Gasteiger partial charge in [0.2, 0.25) is 5.17 Å². The van der Waals surface area contributed by atoms with E-state index in [0.717, 1.165) is 41.1 Å². The van der Waals surface area contributed by atoms with Crippen molar-refractivity contribution in [3.63, 3.8) is 0 Å². The molecule has 1 saturated heterocycles. The number of hydrazone groups is 1. The number of hydrogen-bond donors (Lipinski definition) is 1. The van der Waals surface area contributed by atoms with Crippen LogP contribution in [0.1, 0.15) is 30.6 Å². The average molecular weight is 452 g/mol. The number of piperidine rings is 1. The molecule has 1 amide bonds. The predicted molar refractivity (Wildman–Crippen MR) is 124 cm³/mol. The summed E-state index contributed by atoms with van der Waals surface area (Å²) in [5.74, 6) is 0.0927. The molecular formula is C22H21N5O2S2. The van der Waals surface area contributed by atoms with Gasteiger partial charge < -0.3 is 9.32 Å². The smallest absolute Gasteiger partial charge is 0.283 e. The Hall–Kier alpha value is -2.78. The first-order chi connectivity index (χ1) is 15.1. The van der Waals surface area contributed by atoms with E-state index in [1.54, 1.807) is 12.1 Å². The number of hydrogen-bond acceptors (Lipinski definition) is 7. The van der Waals surface area contributed by atoms with Crippen LogP contribution in [0.15, 0.2) is 66.5 Å². The molecule has 0 bridgehead atoms. The summed E-state index contributed by atoms with van der Waals surface area (Å²) in [7, 11) is 0. The Morgan fingerprint density at radius 3 is 2.65 bits per heavy atom. The number of carbonyl (C=O) groups is 1. The number of nitrogens with zero attached hydrogens (tertiary/aromatic N) is 4. The summed E-state index contributed by atoms with van der Waals surface area (Å²) < 4.78 is 5.87. The molecule has 7 nitrogen and oxygen atoms in total. The second kappa shape index (κ2) is 8.39. The molecule has 3 aliphatic heterocycles. The first-order valence-electron chi connectivity index (χ1n) is 10.2. The van der Waals surface area contributed by atoms with Crippen LogP contribution in [0.4, 0.5) is 0 Å². The third-order valence-electron chi connectivity index (χ3n) is 5.20. The van der Waals surface area contributed by atoms with Crippen LogP contribution in [-0.2, 0) is 4.79 Å². The summed E-state index contributed by atoms with van der Waals surface area (Å²) >= 11 is 2.87. The predicted octanol–water partition coefficient (Wildman–Crippen LogP) is 4.80. The van der Waals surface area contributed by atoms with Crippen LogP contribution in [-0.4, -0.2) is 45.1 Å². The van der Waals surface area contributed by atoms with Gasteiger partial charge in [0, 0.05) is 18.0 Å². The van der Waals surface area contributed by atoms with Crippen LogP contribution in [0, 0.1) is 12.3 Å². The SMILES string of the molecule is Cc1ccc(Sc2ccc(/C=C3/C(=N)N4N=C(N5CCCCC5)SC4=NC3=O)o2)cc1. The van der Waals surface area contributed by atoms with Crippen molar-refractivity contribution < 1.29 is 9.21 Å². The van der Waals surface area contributed by atoms with Crippen molar-refractivity contribution in [1.29, 1.82) is 5.41 Å². The van der Waals surface area contributed by atoms with E-state index in [0.29, 0.717) is 10.9 Å². The number of amidine groups is 3. The van der Waals surface area contributed by atoms with Crippen molar-refractivity contribution in [2.45, 2.75) is 36.2 Å². The number of nitrogens with one attached hydrogen (secondary N) is 1. The van der Waals surface area contributed by atoms with E-state index in [-0.39, 0.29) is 11.4 Å². The van der Waals surface area contributed by atoms with E-state index in [4.69, 9.17) is 9.83 Å². The fourth-order valence-corrected chi connectivity index (χ4v) is 5.25. The normalized spacial score (nSPS) is 20.2. The van der Waals surface area contributed by atoms with Crippen LogP contribution < -0.4 is 0 Å². The molecule has 158 valence electrons. The molecule has 2 aromatic rings. The topological polar surface area (TPSA) is 85.3 Å². The molecule has 0 unspecified atom stereocenters. The summed E-state index contributed by atoms with van der Waals surface area (Å²) in [6.45, 7) is 3.95. The highest BCUT2D eigenvalue weighted by atomic mass is 32.2. The van der Waals surface area contributed by atoms with E-state index < -0.39 is 5.91 Å². The van der Waals surface area contributed by atoms with E-state index >= 15 is 0 Å². The Morgan fingerprint density at radius 1 is 1.10 bits per heavy atom. The lowest BCUT2D eigenvalue weighted by Gasteiger charge is -2.26. The highest BCUT2D eigenvalue weighted by Gasteiger charge is 2.37. The monoisotopic (exact) mass is 451 g/mol. The minimum atomic E-state index is -0.442. The molecule has 9 heteroatoms. The fourth-order valence-electron chi connectivity index (χ4n) is 3.53. The summed E-state index contributed by atoms with van der Waals surface area (Å²) in [5.41, 5.74) is 1.38. The van der Waals surface area contributed by atoms with E-state index in [9.17, 15) is 4.79 Å². The molecule has 3 aliphatic rings. The number of fused-ring (bicyclic) bond motifs is 1. The number of aliphatic imine (C=N–C) groups is 1. The number of thioether (sulfide) groups is 1. The number of likely N-dealkylation sites (tertiary alicyclic amines) is 1. The highest BCUT2D eigenvalue weighted by Crippen LogP contribution is 2.32. The minimum Gasteiger partial charge on any atom is -0.450 e. The van der Waals surface area contributed by atoms with Crippen LogP contribution in [0.2, 0.25) is 0 Å². The number of rotatable bonds is 3. The zero-order valence-corrected chi connectivity index (χ0v) is 18.6. The maximum atomic E-state index is 12.6. The second-order valence-corrected chi connectivity index (χ2v) is 9.53. The van der Waals surface area contributed by atoms with Crippen LogP contribution >= 0.6 is 23.5 Å². The maximum absolute atomic E-state index is 12.6. The number of carbonyl (C=O) groups excluding carboxylic acids is 1. The van der Waals surface area contributed by atoms with Gasteiger partial charge in [0.1, 0.15) is 5.76 Å². The maximum Gasteiger partial charge on any atom is 0.283 e. The van der Waals surface area contributed by atoms with E-state index in [2.05, 4.69) is 27.1 Å². The third kappa shape index (κ3) is 4.20. The van der Waals surface area contributed by atoms with Crippen molar-refractivity contribution in [2.75, 3.05) is 13.1 Å². The summed E-state index contributed by atoms with van der Waals surface area (Å²) in [6.07, 6.45) is 5.07. The van der Waals surface area contributed by atoms with Crippen molar-refractivity contribution in [2.24, 2.45) is 10.1 Å². The summed E-state index contributed by atoms with van der Waals surface area (Å²) in [5, 5.41) is 16.5. The minimum absolute atomic E-state index is 0.0265. The number of benzene rings is 1. The standard InChI is InChI=1S/C22H21N5O2S2/c1-14-5-8-16(9-6-14)30-18-10-7-15(29-18)13-17-19(23)27-21(24-20(17)28)31-22(25-27)26-11-3-2-4-12-26/h5-10,13,23H,2-4,11-12H2,1H3/b17-13-,23-19?. The Morgan fingerprint density at radius 2 is 1.87 bits per heavy atom. The molecule has 0 saturated carbocycles. The Balaban J connectivity index is 1.34. The van der Waals surface area contributed by atoms with Crippen LogP contribution in [0.3, 0.4) is 0 Å². The van der Waals surface area contributed by atoms with Crippen LogP contribution in [0.25, 0.3) is 6.08 Å². The molecule has 31 heavy (non-hydrogen) atoms. The Kier molecular flexibility index (Phi) is 5.45. The zero-order valence-electron chi connectivity index (χ0n) is 17.0. The van der Waals surface area contributed by atoms with Crippen molar-refractivity contribution in [1.82, 2.24) is 9.91 Å². The van der Waals surface area contributed by atoms with Gasteiger partial charge in [0.25, 0.3) is 5.91 Å². The molecule has 1 fully saturated rings. The first kappa shape index (κ1) is 20.1. The quantitative estimate of drug-likeness (QED) is 0.675. The Bertz CT molecular complexity index is 1130. The average Bonchev–Trinajstić information content (AvgIpc) is 3.40. The van der Waals surface area contributed by atoms with E-state index in [1.807, 2.05) is 25.1 Å². The number of aryl methyl sites for hydroxylation is 1. The number of furan rings is 1. The first-order valence-corrected chi connectivity index (χ1v) is 11.8. The Labute approximate surface area is 188 Å². The zero-order chi connectivity index (χ0) is 21.4. The number of amides is 1. The molecule has 0 radical (unpaired) electrons. The van der Waals surface area contributed by atoms with Gasteiger partial charge in [0.15, 0.2) is 16.1 Å². The molecule has 0 atom stereocenters. The van der Waals surface area contributed by atoms with Crippen molar-refractivity contribution >= 4 is 51.7 Å². The highest BCUT2D eigenvalue weighted by molar-refractivity contribution is 8.26. The molecule has 1 aromatic heterocycles. The van der Waals surface area contributed by atoms with Gasteiger partial charge in [-0.05, 0) is 68.3 Å². The lowest BCUT2D eigenvalue weighted by atomic mass is 10.1. The van der Waals surface area contributed by atoms with Gasteiger partial charge in [-0.15, -0.1) is 5.10 Å². The fraction of sp³-hybridized carbons (Fsp3) is 0.273. The molecule has 4 heterocycles. The van der Waals surface area contributed by atoms with E-state index in [1.165, 1.54) is 40.5 Å².